The van der Waals surface area contributed by atoms with E-state index in [2.05, 4.69) is 4.98 Å². The molecule has 2 aliphatic heterocycles. The molecule has 0 saturated heterocycles. The number of nitrogens with zero attached hydrogens (tertiary/aromatic N) is 2. The number of benzene rings is 2. The average molecular weight is 423 g/mol. The molecule has 1 aromatic heterocycles. The van der Waals surface area contributed by atoms with Crippen molar-refractivity contribution in [2.24, 2.45) is 0 Å². The second kappa shape index (κ2) is 7.55. The number of hydrogen-bond acceptors (Lipinski definition) is 5. The second-order valence-corrected chi connectivity index (χ2v) is 7.51. The van der Waals surface area contributed by atoms with E-state index in [1.165, 1.54) is 6.07 Å². The third-order valence-electron chi connectivity index (χ3n) is 5.13. The van der Waals surface area contributed by atoms with Crippen LogP contribution in [0.5, 0.6) is 11.5 Å². The molecule has 7 heteroatoms. The monoisotopic (exact) mass is 422 g/mol. The summed E-state index contributed by atoms with van der Waals surface area (Å²) in [6.45, 7) is 1.01. The fraction of sp³-hybridized carbons (Fsp3) is 0.130. The van der Waals surface area contributed by atoms with Crippen LogP contribution in [0.25, 0.3) is 6.08 Å². The largest absolute Gasteiger partial charge is 0.478 e. The van der Waals surface area contributed by atoms with Gasteiger partial charge in [0.1, 0.15) is 24.0 Å². The number of aromatic nitrogens is 1. The Morgan fingerprint density at radius 2 is 2.00 bits per heavy atom. The number of fused-ring (bicyclic) bond motifs is 3. The number of hydrogen-bond donors (Lipinski definition) is 0. The van der Waals surface area contributed by atoms with Gasteiger partial charge in [-0.2, -0.15) is 0 Å². The molecular weight excluding hydrogens is 407 g/mol. The Morgan fingerprint density at radius 3 is 2.80 bits per heavy atom. The zero-order valence-corrected chi connectivity index (χ0v) is 16.5. The lowest BCUT2D eigenvalue weighted by molar-refractivity contribution is 0.0863. The van der Waals surface area contributed by atoms with E-state index in [-0.39, 0.29) is 30.6 Å². The lowest BCUT2D eigenvalue weighted by Crippen LogP contribution is -2.32. The normalized spacial score (nSPS) is 16.7. The summed E-state index contributed by atoms with van der Waals surface area (Å²) in [5.41, 5.74) is 2.48. The molecule has 0 radical (unpaired) electrons. The first kappa shape index (κ1) is 18.8. The van der Waals surface area contributed by atoms with Gasteiger partial charge < -0.3 is 9.47 Å². The Morgan fingerprint density at radius 1 is 1.17 bits per heavy atom. The molecule has 30 heavy (non-hydrogen) atoms. The van der Waals surface area contributed by atoms with Crippen LogP contribution in [0.1, 0.15) is 27.0 Å². The Balaban J connectivity index is 1.44. The molecule has 0 N–H and O–H groups in total. The van der Waals surface area contributed by atoms with Crippen molar-refractivity contribution in [3.63, 3.8) is 0 Å². The fourth-order valence-electron chi connectivity index (χ4n) is 3.62. The number of allylic oxidation sites excluding steroid dienone is 1. The van der Waals surface area contributed by atoms with E-state index in [0.717, 1.165) is 11.1 Å². The summed E-state index contributed by atoms with van der Waals surface area (Å²) in [6, 6.07) is 11.7. The van der Waals surface area contributed by atoms with Gasteiger partial charge in [-0.15, -0.1) is 0 Å². The van der Waals surface area contributed by atoms with Crippen molar-refractivity contribution in [3.8, 4) is 11.5 Å². The van der Waals surface area contributed by atoms with Crippen molar-refractivity contribution < 1.29 is 18.7 Å². The van der Waals surface area contributed by atoms with Crippen LogP contribution in [-0.2, 0) is 13.1 Å². The zero-order chi connectivity index (χ0) is 20.7. The van der Waals surface area contributed by atoms with Gasteiger partial charge in [0.2, 0.25) is 5.78 Å². The van der Waals surface area contributed by atoms with E-state index in [0.29, 0.717) is 34.2 Å². The van der Waals surface area contributed by atoms with Crippen LogP contribution in [0.2, 0.25) is 5.02 Å². The van der Waals surface area contributed by atoms with E-state index in [1.807, 2.05) is 4.90 Å². The molecule has 3 aromatic rings. The first-order valence-corrected chi connectivity index (χ1v) is 9.76. The van der Waals surface area contributed by atoms with Crippen LogP contribution in [0, 0.1) is 5.82 Å². The van der Waals surface area contributed by atoms with Crippen LogP contribution in [-0.4, -0.2) is 22.4 Å². The minimum absolute atomic E-state index is 0.182. The highest BCUT2D eigenvalue weighted by molar-refractivity contribution is 6.31. The summed E-state index contributed by atoms with van der Waals surface area (Å²) >= 11 is 6.17. The summed E-state index contributed by atoms with van der Waals surface area (Å²) in [5.74, 6) is 0.850. The van der Waals surface area contributed by atoms with Crippen LogP contribution in [0.3, 0.4) is 0 Å². The zero-order valence-electron chi connectivity index (χ0n) is 15.8. The van der Waals surface area contributed by atoms with E-state index in [1.54, 1.807) is 54.9 Å². The Hall–Kier alpha value is -3.22. The first-order chi connectivity index (χ1) is 14.6. The molecule has 5 nitrogen and oxygen atoms in total. The summed E-state index contributed by atoms with van der Waals surface area (Å²) in [6.07, 6.45) is 5.00. The van der Waals surface area contributed by atoms with Crippen molar-refractivity contribution in [2.75, 3.05) is 6.73 Å². The fourth-order valence-corrected chi connectivity index (χ4v) is 3.85. The van der Waals surface area contributed by atoms with Gasteiger partial charge in [-0.3, -0.25) is 14.7 Å². The van der Waals surface area contributed by atoms with Crippen molar-refractivity contribution >= 4 is 23.5 Å². The van der Waals surface area contributed by atoms with Gasteiger partial charge in [0.05, 0.1) is 11.1 Å². The average Bonchev–Trinajstić information content (AvgIpc) is 3.07. The van der Waals surface area contributed by atoms with Gasteiger partial charge in [0.25, 0.3) is 0 Å². The third-order valence-corrected chi connectivity index (χ3v) is 5.48. The topological polar surface area (TPSA) is 51.7 Å². The number of rotatable bonds is 3. The van der Waals surface area contributed by atoms with Crippen LogP contribution in [0.15, 0.2) is 60.6 Å². The summed E-state index contributed by atoms with van der Waals surface area (Å²) in [4.78, 5) is 18.7. The number of ether oxygens (including phenoxy) is 2. The van der Waals surface area contributed by atoms with E-state index in [9.17, 15) is 9.18 Å². The quantitative estimate of drug-likeness (QED) is 0.565. The molecule has 2 aromatic carbocycles. The number of pyridine rings is 1. The van der Waals surface area contributed by atoms with Gasteiger partial charge in [0, 0.05) is 36.1 Å². The number of halogens is 2. The second-order valence-electron chi connectivity index (χ2n) is 7.10. The van der Waals surface area contributed by atoms with Gasteiger partial charge in [-0.05, 0) is 48.0 Å². The molecular formula is C23H16ClFN2O3. The minimum atomic E-state index is -0.361. The molecule has 0 spiro atoms. The molecule has 150 valence electrons. The SMILES string of the molecule is O=C1C(=Cc2ccncc2)Oc2c1ccc1c2CN(Cc2c(F)cccc2Cl)CO1. The third kappa shape index (κ3) is 3.34. The molecule has 0 atom stereocenters. The first-order valence-electron chi connectivity index (χ1n) is 9.38. The van der Waals surface area contributed by atoms with Crippen molar-refractivity contribution in [3.05, 3.63) is 93.7 Å². The maximum absolute atomic E-state index is 14.2. The van der Waals surface area contributed by atoms with Gasteiger partial charge in [-0.25, -0.2) is 4.39 Å². The predicted molar refractivity (Wildman–Crippen MR) is 110 cm³/mol. The molecule has 0 amide bonds. The summed E-state index contributed by atoms with van der Waals surface area (Å²) in [5, 5.41) is 0.369. The molecule has 0 aliphatic carbocycles. The molecule has 0 unspecified atom stereocenters. The maximum Gasteiger partial charge on any atom is 0.231 e. The van der Waals surface area contributed by atoms with Crippen LogP contribution < -0.4 is 9.47 Å². The highest BCUT2D eigenvalue weighted by Gasteiger charge is 2.33. The molecule has 0 saturated carbocycles. The molecule has 0 fully saturated rings. The Bertz CT molecular complexity index is 1160. The van der Waals surface area contributed by atoms with Gasteiger partial charge >= 0.3 is 0 Å². The highest BCUT2D eigenvalue weighted by Crippen LogP contribution is 2.42. The van der Waals surface area contributed by atoms with Gasteiger partial charge in [-0.1, -0.05) is 17.7 Å². The van der Waals surface area contributed by atoms with E-state index in [4.69, 9.17) is 21.1 Å². The molecule has 0 bridgehead atoms. The maximum atomic E-state index is 14.2. The number of carbonyl (C=O) groups is 1. The molecule has 3 heterocycles. The Kier molecular flexibility index (Phi) is 4.73. The van der Waals surface area contributed by atoms with Crippen molar-refractivity contribution in [1.82, 2.24) is 9.88 Å². The van der Waals surface area contributed by atoms with Crippen LogP contribution in [0.4, 0.5) is 4.39 Å². The smallest absolute Gasteiger partial charge is 0.231 e. The van der Waals surface area contributed by atoms with Crippen molar-refractivity contribution in [1.29, 1.82) is 0 Å². The Labute approximate surface area is 177 Å². The minimum Gasteiger partial charge on any atom is -0.478 e. The highest BCUT2D eigenvalue weighted by atomic mass is 35.5. The van der Waals surface area contributed by atoms with E-state index < -0.39 is 0 Å². The standard InChI is InChI=1S/C23H16ClFN2O3/c24-18-2-1-3-19(25)16(18)11-27-12-17-20(29-13-27)5-4-15-22(28)21(30-23(15)17)10-14-6-8-26-9-7-14/h1-10H,11-13H2. The lowest BCUT2D eigenvalue weighted by atomic mass is 10.0. The number of ketones is 1. The lowest BCUT2D eigenvalue weighted by Gasteiger charge is -2.30. The van der Waals surface area contributed by atoms with Crippen molar-refractivity contribution in [2.45, 2.75) is 13.1 Å². The summed E-state index contributed by atoms with van der Waals surface area (Å²) in [7, 11) is 0. The van der Waals surface area contributed by atoms with E-state index >= 15 is 0 Å². The number of carbonyl (C=O) groups excluding carboxylic acids is 1. The summed E-state index contributed by atoms with van der Waals surface area (Å²) < 4.78 is 26.0. The molecule has 2 aliphatic rings. The van der Waals surface area contributed by atoms with Gasteiger partial charge in [0.15, 0.2) is 5.76 Å². The van der Waals surface area contributed by atoms with Crippen LogP contribution >= 0.6 is 11.6 Å². The molecule has 5 rings (SSSR count). The predicted octanol–water partition coefficient (Wildman–Crippen LogP) is 4.84. The number of Topliss-reactive ketones (excluding diaryl/α,β-unsaturated/α-hetero) is 1.